The van der Waals surface area contributed by atoms with Gasteiger partial charge in [-0.05, 0) is 237 Å². The molecule has 2 heteroatoms. The molecule has 1 saturated heterocycles. The number of unbranched alkanes of at least 4 members (excludes halogenated alkanes) is 1. The van der Waals surface area contributed by atoms with E-state index in [0.29, 0.717) is 28.3 Å². The van der Waals surface area contributed by atoms with E-state index in [0.717, 1.165) is 31.1 Å². The maximum absolute atomic E-state index is 10.8. The van der Waals surface area contributed by atoms with Crippen molar-refractivity contribution in [3.63, 3.8) is 0 Å². The summed E-state index contributed by atoms with van der Waals surface area (Å²) in [7, 11) is 0. The van der Waals surface area contributed by atoms with Crippen LogP contribution in [0.25, 0.3) is 0 Å². The van der Waals surface area contributed by atoms with E-state index in [1.165, 1.54) is 143 Å². The van der Waals surface area contributed by atoms with Crippen LogP contribution in [0.3, 0.4) is 0 Å². The van der Waals surface area contributed by atoms with Crippen molar-refractivity contribution in [2.45, 2.75) is 257 Å². The van der Waals surface area contributed by atoms with Crippen molar-refractivity contribution < 1.29 is 9.84 Å². The molecule has 352 valence electrons. The smallest absolute Gasteiger partial charge is 0.0892 e. The molecular weight excluding hydrogens is 753 g/mol. The normalized spacial score (nSPS) is 32.2. The number of allylic oxidation sites excluding steroid dienone is 14. The minimum atomic E-state index is -0.130. The lowest BCUT2D eigenvalue weighted by molar-refractivity contribution is -0.0962. The Morgan fingerprint density at radius 3 is 1.63 bits per heavy atom. The molecule has 1 aliphatic heterocycles. The molecule has 8 atom stereocenters. The highest BCUT2D eigenvalue weighted by atomic mass is 16.6. The van der Waals surface area contributed by atoms with Gasteiger partial charge in [0.1, 0.15) is 0 Å². The Morgan fingerprint density at radius 1 is 0.597 bits per heavy atom. The third-order valence-corrected chi connectivity index (χ3v) is 17.9. The third-order valence-electron chi connectivity index (χ3n) is 17.9. The first kappa shape index (κ1) is 52.7. The number of aliphatic hydroxyl groups is 1. The lowest BCUT2D eigenvalue weighted by atomic mass is 9.43. The Kier molecular flexibility index (Phi) is 19.2. The molecule has 5 rings (SSSR count). The van der Waals surface area contributed by atoms with Crippen molar-refractivity contribution in [1.82, 2.24) is 0 Å². The SMILES string of the molecule is CC(C)=CCC/C(C)=C/CC/C(C)=C/CC/C=C(\C)CC/C=C(\C)CCC1OC1(C)C.CC(C)=CCC[C@H](C)[C@H]1CC[C@@]2(C)C3=C(CC[C@]12C)[C@@]1(C)CC[C@H](O)C(C)(C)[C@@H]1CC3. The molecule has 1 N–H and O–H groups in total. The zero-order chi connectivity index (χ0) is 46.1. The van der Waals surface area contributed by atoms with Crippen LogP contribution in [0.4, 0.5) is 0 Å². The van der Waals surface area contributed by atoms with Gasteiger partial charge in [-0.25, -0.2) is 0 Å². The fraction of sp³-hybridized carbons (Fsp3) is 0.767. The lowest BCUT2D eigenvalue weighted by Crippen LogP contribution is -2.55. The maximum atomic E-state index is 10.8. The quantitative estimate of drug-likeness (QED) is 0.0798. The van der Waals surface area contributed by atoms with Crippen LogP contribution in [0.2, 0.25) is 0 Å². The van der Waals surface area contributed by atoms with Gasteiger partial charge in [-0.3, -0.25) is 0 Å². The van der Waals surface area contributed by atoms with Gasteiger partial charge in [-0.15, -0.1) is 0 Å². The Labute approximate surface area is 385 Å². The van der Waals surface area contributed by atoms with Crippen LogP contribution in [0.15, 0.2) is 81.0 Å². The summed E-state index contributed by atoms with van der Waals surface area (Å²) in [6, 6.07) is 0. The van der Waals surface area contributed by atoms with Crippen molar-refractivity contribution >= 4 is 0 Å². The monoisotopic (exact) mass is 853 g/mol. The molecule has 2 nitrogen and oxygen atoms in total. The highest BCUT2D eigenvalue weighted by Crippen LogP contribution is 2.72. The predicted molar refractivity (Wildman–Crippen MR) is 272 cm³/mol. The van der Waals surface area contributed by atoms with E-state index in [9.17, 15) is 5.11 Å². The van der Waals surface area contributed by atoms with Crippen LogP contribution in [0.1, 0.15) is 239 Å². The molecule has 0 amide bonds. The van der Waals surface area contributed by atoms with E-state index in [2.05, 4.69) is 147 Å². The summed E-state index contributed by atoms with van der Waals surface area (Å²) >= 11 is 0. The van der Waals surface area contributed by atoms with Gasteiger partial charge in [0.2, 0.25) is 0 Å². The molecule has 1 unspecified atom stereocenters. The van der Waals surface area contributed by atoms with Gasteiger partial charge >= 0.3 is 0 Å². The van der Waals surface area contributed by atoms with Gasteiger partial charge in [0.15, 0.2) is 0 Å². The average Bonchev–Trinajstić information content (AvgIpc) is 3.70. The molecule has 5 aliphatic rings. The van der Waals surface area contributed by atoms with Gasteiger partial charge in [-0.2, -0.15) is 0 Å². The summed E-state index contributed by atoms with van der Waals surface area (Å²) < 4.78 is 5.68. The Balaban J connectivity index is 0.000000273. The molecule has 0 aromatic carbocycles. The highest BCUT2D eigenvalue weighted by Gasteiger charge is 2.63. The highest BCUT2D eigenvalue weighted by molar-refractivity contribution is 5.39. The van der Waals surface area contributed by atoms with Gasteiger partial charge in [0.25, 0.3) is 0 Å². The van der Waals surface area contributed by atoms with Crippen LogP contribution in [-0.2, 0) is 4.74 Å². The second-order valence-corrected chi connectivity index (χ2v) is 24.0. The number of fused-ring (bicyclic) bond motifs is 4. The molecule has 0 aromatic heterocycles. The molecule has 0 radical (unpaired) electrons. The number of hydrogen-bond donors (Lipinski definition) is 1. The second kappa shape index (κ2) is 22.5. The number of aliphatic hydroxyl groups excluding tert-OH is 1. The fourth-order valence-corrected chi connectivity index (χ4v) is 13.3. The first-order valence-corrected chi connectivity index (χ1v) is 26.0. The minimum Gasteiger partial charge on any atom is -0.393 e. The number of rotatable bonds is 19. The van der Waals surface area contributed by atoms with Crippen LogP contribution in [-0.4, -0.2) is 22.9 Å². The summed E-state index contributed by atoms with van der Waals surface area (Å²) in [5, 5.41) is 10.8. The number of hydrogen-bond acceptors (Lipinski definition) is 2. The largest absolute Gasteiger partial charge is 0.393 e. The van der Waals surface area contributed by atoms with E-state index in [1.807, 2.05) is 11.1 Å². The topological polar surface area (TPSA) is 32.8 Å². The van der Waals surface area contributed by atoms with Crippen LogP contribution in [0, 0.1) is 39.4 Å². The Hall–Kier alpha value is -1.90. The van der Waals surface area contributed by atoms with Crippen molar-refractivity contribution in [1.29, 1.82) is 0 Å². The second-order valence-electron chi connectivity index (χ2n) is 24.0. The molecule has 4 aliphatic carbocycles. The summed E-state index contributed by atoms with van der Waals surface area (Å²) in [6.45, 7) is 37.5. The number of epoxide rings is 1. The van der Waals surface area contributed by atoms with Gasteiger partial charge < -0.3 is 9.84 Å². The van der Waals surface area contributed by atoms with E-state index >= 15 is 0 Å². The van der Waals surface area contributed by atoms with E-state index in [-0.39, 0.29) is 17.1 Å². The Bertz CT molecular complexity index is 1690. The van der Waals surface area contributed by atoms with E-state index in [4.69, 9.17) is 4.74 Å². The van der Waals surface area contributed by atoms with Crippen LogP contribution in [0.5, 0.6) is 0 Å². The zero-order valence-electron chi connectivity index (χ0n) is 43.8. The first-order valence-electron chi connectivity index (χ1n) is 26.0. The summed E-state index contributed by atoms with van der Waals surface area (Å²) in [5.74, 6) is 2.32. The Morgan fingerprint density at radius 2 is 1.10 bits per heavy atom. The van der Waals surface area contributed by atoms with Crippen LogP contribution >= 0.6 is 0 Å². The van der Waals surface area contributed by atoms with Crippen molar-refractivity contribution in [3.05, 3.63) is 81.0 Å². The van der Waals surface area contributed by atoms with Gasteiger partial charge in [0, 0.05) is 0 Å². The van der Waals surface area contributed by atoms with Crippen LogP contribution < -0.4 is 0 Å². The molecule has 0 bridgehead atoms. The van der Waals surface area contributed by atoms with E-state index in [1.54, 1.807) is 0 Å². The summed E-state index contributed by atoms with van der Waals surface area (Å²) in [4.78, 5) is 0. The molecule has 0 spiro atoms. The minimum absolute atomic E-state index is 0.0465. The fourth-order valence-electron chi connectivity index (χ4n) is 13.3. The van der Waals surface area contributed by atoms with Gasteiger partial charge in [-0.1, -0.05) is 123 Å². The molecule has 1 heterocycles. The molecule has 62 heavy (non-hydrogen) atoms. The average molecular weight is 853 g/mol. The zero-order valence-corrected chi connectivity index (χ0v) is 43.8. The lowest BCUT2D eigenvalue weighted by Gasteiger charge is -2.62. The van der Waals surface area contributed by atoms with Crippen molar-refractivity contribution in [2.24, 2.45) is 39.4 Å². The summed E-state index contributed by atoms with van der Waals surface area (Å²) in [5.41, 5.74) is 14.1. The predicted octanol–water partition coefficient (Wildman–Crippen LogP) is 18.3. The first-order chi connectivity index (χ1) is 29.0. The molecule has 0 aromatic rings. The number of ether oxygens (including phenoxy) is 1. The van der Waals surface area contributed by atoms with Crippen molar-refractivity contribution in [3.8, 4) is 0 Å². The van der Waals surface area contributed by atoms with Gasteiger partial charge in [0.05, 0.1) is 17.8 Å². The standard InChI is InChI=1S/2C30H50O/c1-20(2)10-9-11-21(3)22-14-18-30(8)24-12-13-25-27(4,5)26(31)16-17-28(25,6)23(24)15-19-29(22,30)7;1-24(2)14-11-17-27(5)20-12-18-25(3)15-9-10-16-26(4)19-13-21-28(6)22-23-29-30(7,8)31-29/h10,21-22,25-26,31H,9,11-19H2,1-8H3;14-16,20-21,29H,9-13,17-19,22-23H2,1-8H3/b;25-15+,26-16+,27-20+,28-21+/t21-,22+,25-,26-,28+,29+,30-;/m0./s1. The summed E-state index contributed by atoms with van der Waals surface area (Å²) in [6.07, 6.45) is 39.4. The molecule has 3 fully saturated rings. The molecular formula is C60H100O2. The van der Waals surface area contributed by atoms with Crippen molar-refractivity contribution in [2.75, 3.05) is 0 Å². The molecule has 2 saturated carbocycles. The van der Waals surface area contributed by atoms with E-state index < -0.39 is 0 Å². The maximum Gasteiger partial charge on any atom is 0.0892 e. The third kappa shape index (κ3) is 13.4.